The molecule has 0 atom stereocenters. The van der Waals surface area contributed by atoms with E-state index in [1.165, 1.54) is 6.92 Å². The molecule has 0 amide bonds. The van der Waals surface area contributed by atoms with E-state index in [-0.39, 0.29) is 5.78 Å². The van der Waals surface area contributed by atoms with E-state index in [2.05, 4.69) is 20.9 Å². The van der Waals surface area contributed by atoms with Gasteiger partial charge < -0.3 is 4.42 Å². The Kier molecular flexibility index (Phi) is 3.74. The van der Waals surface area contributed by atoms with Crippen LogP contribution in [0.2, 0.25) is 0 Å². The number of hydrogen-bond donors (Lipinski definition) is 0. The lowest BCUT2D eigenvalue weighted by atomic mass is 10.1. The zero-order chi connectivity index (χ0) is 12.3. The van der Waals surface area contributed by atoms with Gasteiger partial charge in [0.2, 0.25) is 0 Å². The zero-order valence-electron chi connectivity index (χ0n) is 9.44. The monoisotopic (exact) mass is 293 g/mol. The average Bonchev–Trinajstić information content (AvgIpc) is 2.64. The van der Waals surface area contributed by atoms with Gasteiger partial charge in [0.25, 0.3) is 0 Å². The van der Waals surface area contributed by atoms with Crippen molar-refractivity contribution in [2.75, 3.05) is 0 Å². The van der Waals surface area contributed by atoms with Crippen molar-refractivity contribution in [2.45, 2.75) is 19.8 Å². The van der Waals surface area contributed by atoms with E-state index >= 15 is 0 Å². The van der Waals surface area contributed by atoms with E-state index in [0.717, 1.165) is 10.0 Å². The summed E-state index contributed by atoms with van der Waals surface area (Å²) in [5.74, 6) is 1.34. The summed E-state index contributed by atoms with van der Waals surface area (Å²) in [5.41, 5.74) is 1.12. The molecule has 0 aliphatic heterocycles. The highest BCUT2D eigenvalue weighted by atomic mass is 79.9. The topological polar surface area (TPSA) is 43.1 Å². The Morgan fingerprint density at radius 1 is 1.47 bits per heavy atom. The molecule has 0 saturated carbocycles. The molecule has 0 saturated heterocycles. The van der Waals surface area contributed by atoms with Crippen molar-refractivity contribution < 1.29 is 9.21 Å². The van der Waals surface area contributed by atoms with Crippen molar-refractivity contribution in [3.8, 4) is 0 Å². The van der Waals surface area contributed by atoms with Gasteiger partial charge in [0.05, 0.1) is 12.6 Å². The van der Waals surface area contributed by atoms with E-state index in [1.807, 2.05) is 24.3 Å². The van der Waals surface area contributed by atoms with Crippen LogP contribution in [-0.4, -0.2) is 10.8 Å². The number of nitrogens with zero attached hydrogens (tertiary/aromatic N) is 1. The molecule has 4 heteroatoms. The van der Waals surface area contributed by atoms with Gasteiger partial charge in [0.15, 0.2) is 5.89 Å². The second-order valence-electron chi connectivity index (χ2n) is 3.91. The summed E-state index contributed by atoms with van der Waals surface area (Å²) in [7, 11) is 0. The first-order valence-electron chi connectivity index (χ1n) is 5.31. The molecular weight excluding hydrogens is 282 g/mol. The van der Waals surface area contributed by atoms with Gasteiger partial charge in [-0.1, -0.05) is 28.1 Å². The van der Waals surface area contributed by atoms with Gasteiger partial charge in [-0.3, -0.25) is 4.79 Å². The van der Waals surface area contributed by atoms with Crippen LogP contribution in [0.25, 0.3) is 0 Å². The molecule has 0 fully saturated rings. The summed E-state index contributed by atoms with van der Waals surface area (Å²) < 4.78 is 6.52. The Hall–Kier alpha value is -1.42. The lowest BCUT2D eigenvalue weighted by molar-refractivity contribution is -0.116. The van der Waals surface area contributed by atoms with E-state index in [0.29, 0.717) is 24.5 Å². The molecule has 0 unspecified atom stereocenters. The average molecular weight is 294 g/mol. The van der Waals surface area contributed by atoms with Gasteiger partial charge in [-0.15, -0.1) is 0 Å². The van der Waals surface area contributed by atoms with Gasteiger partial charge in [0.1, 0.15) is 11.5 Å². The van der Waals surface area contributed by atoms with Crippen molar-refractivity contribution in [3.63, 3.8) is 0 Å². The molecule has 0 aliphatic rings. The summed E-state index contributed by atoms with van der Waals surface area (Å²) in [6.07, 6.45) is 2.57. The van der Waals surface area contributed by atoms with Crippen LogP contribution in [-0.2, 0) is 17.6 Å². The molecule has 1 aromatic heterocycles. The van der Waals surface area contributed by atoms with Crippen LogP contribution in [0, 0.1) is 0 Å². The van der Waals surface area contributed by atoms with Crippen LogP contribution in [0.3, 0.4) is 0 Å². The number of halogens is 1. The first-order valence-corrected chi connectivity index (χ1v) is 6.10. The summed E-state index contributed by atoms with van der Waals surface area (Å²) in [6.45, 7) is 1.54. The van der Waals surface area contributed by atoms with Gasteiger partial charge in [-0.05, 0) is 24.6 Å². The zero-order valence-corrected chi connectivity index (χ0v) is 11.0. The molecule has 1 aromatic carbocycles. The highest BCUT2D eigenvalue weighted by Crippen LogP contribution is 2.15. The van der Waals surface area contributed by atoms with Gasteiger partial charge in [-0.2, -0.15) is 0 Å². The fraction of sp³-hybridized carbons (Fsp3) is 0.231. The lowest BCUT2D eigenvalue weighted by Crippen LogP contribution is -1.93. The van der Waals surface area contributed by atoms with E-state index < -0.39 is 0 Å². The summed E-state index contributed by atoms with van der Waals surface area (Å²) in [4.78, 5) is 15.1. The third-order valence-electron chi connectivity index (χ3n) is 2.27. The Bertz CT molecular complexity index is 534. The minimum atomic E-state index is 0.0788. The number of aromatic nitrogens is 1. The summed E-state index contributed by atoms with van der Waals surface area (Å²) >= 11 is 3.42. The number of Topliss-reactive ketones (excluding diaryl/α,β-unsaturated/α-hetero) is 1. The van der Waals surface area contributed by atoms with Crippen LogP contribution in [0.15, 0.2) is 39.4 Å². The number of rotatable bonds is 4. The van der Waals surface area contributed by atoms with Crippen LogP contribution in [0.4, 0.5) is 0 Å². The largest absolute Gasteiger partial charge is 0.445 e. The van der Waals surface area contributed by atoms with E-state index in [1.54, 1.807) is 6.20 Å². The molecule has 17 heavy (non-hydrogen) atoms. The highest BCUT2D eigenvalue weighted by molar-refractivity contribution is 9.10. The maximum atomic E-state index is 10.9. The Morgan fingerprint density at radius 3 is 3.00 bits per heavy atom. The maximum Gasteiger partial charge on any atom is 0.198 e. The maximum absolute atomic E-state index is 10.9. The van der Waals surface area contributed by atoms with Gasteiger partial charge in [-0.25, -0.2) is 4.98 Å². The van der Waals surface area contributed by atoms with Crippen molar-refractivity contribution in [2.24, 2.45) is 0 Å². The van der Waals surface area contributed by atoms with Crippen LogP contribution < -0.4 is 0 Å². The molecule has 88 valence electrons. The summed E-state index contributed by atoms with van der Waals surface area (Å²) in [5, 5.41) is 0. The molecule has 1 heterocycles. The minimum absolute atomic E-state index is 0.0788. The fourth-order valence-corrected chi connectivity index (χ4v) is 2.03. The normalized spacial score (nSPS) is 10.5. The first-order chi connectivity index (χ1) is 8.13. The quantitative estimate of drug-likeness (QED) is 0.870. The van der Waals surface area contributed by atoms with Crippen LogP contribution in [0.1, 0.15) is 24.1 Å². The molecule has 0 spiro atoms. The molecule has 0 N–H and O–H groups in total. The Balaban J connectivity index is 2.08. The first kappa shape index (κ1) is 12.0. The van der Waals surface area contributed by atoms with Crippen LogP contribution in [0.5, 0.6) is 0 Å². The Labute approximate surface area is 108 Å². The van der Waals surface area contributed by atoms with Crippen molar-refractivity contribution >= 4 is 21.7 Å². The predicted octanol–water partition coefficient (Wildman–Crippen LogP) is 3.16. The van der Waals surface area contributed by atoms with Gasteiger partial charge in [0, 0.05) is 10.9 Å². The molecule has 0 radical (unpaired) electrons. The predicted molar refractivity (Wildman–Crippen MR) is 67.8 cm³/mol. The lowest BCUT2D eigenvalue weighted by Gasteiger charge is -1.98. The third-order valence-corrected chi connectivity index (χ3v) is 2.76. The standard InChI is InChI=1S/C13H12BrNO2/c1-9(16)5-12-8-15-13(17-12)7-10-3-2-4-11(14)6-10/h2-4,6,8H,5,7H2,1H3. The number of ketones is 1. The molecule has 0 aliphatic carbocycles. The molecule has 3 nitrogen and oxygen atoms in total. The van der Waals surface area contributed by atoms with Crippen LogP contribution >= 0.6 is 15.9 Å². The summed E-state index contributed by atoms with van der Waals surface area (Å²) in [6, 6.07) is 7.98. The van der Waals surface area contributed by atoms with E-state index in [4.69, 9.17) is 4.42 Å². The van der Waals surface area contributed by atoms with E-state index in [9.17, 15) is 4.79 Å². The fourth-order valence-electron chi connectivity index (χ4n) is 1.58. The number of hydrogen-bond acceptors (Lipinski definition) is 3. The van der Waals surface area contributed by atoms with Crippen molar-refractivity contribution in [1.29, 1.82) is 0 Å². The number of oxazole rings is 1. The number of carbonyl (C=O) groups excluding carboxylic acids is 1. The third kappa shape index (κ3) is 3.53. The molecule has 2 aromatic rings. The second-order valence-corrected chi connectivity index (χ2v) is 4.82. The second kappa shape index (κ2) is 5.27. The SMILES string of the molecule is CC(=O)Cc1cnc(Cc2cccc(Br)c2)o1. The number of carbonyl (C=O) groups is 1. The smallest absolute Gasteiger partial charge is 0.198 e. The molecule has 0 bridgehead atoms. The Morgan fingerprint density at radius 2 is 2.29 bits per heavy atom. The minimum Gasteiger partial charge on any atom is -0.445 e. The highest BCUT2D eigenvalue weighted by Gasteiger charge is 2.07. The molecular formula is C13H12BrNO2. The van der Waals surface area contributed by atoms with Gasteiger partial charge >= 0.3 is 0 Å². The van der Waals surface area contributed by atoms with Crippen molar-refractivity contribution in [3.05, 3.63) is 52.1 Å². The number of benzene rings is 1. The molecule has 2 rings (SSSR count). The van der Waals surface area contributed by atoms with Crippen molar-refractivity contribution in [1.82, 2.24) is 4.98 Å².